The summed E-state index contributed by atoms with van der Waals surface area (Å²) in [6.45, 7) is 1.19. The van der Waals surface area contributed by atoms with Gasteiger partial charge >= 0.3 is 5.97 Å². The van der Waals surface area contributed by atoms with Gasteiger partial charge in [-0.05, 0) is 37.5 Å². The van der Waals surface area contributed by atoms with Crippen molar-refractivity contribution in [1.29, 1.82) is 5.26 Å². The Morgan fingerprint density at radius 3 is 2.58 bits per heavy atom. The van der Waals surface area contributed by atoms with Gasteiger partial charge in [-0.15, -0.1) is 0 Å². The number of nitrogens with zero attached hydrogens (tertiary/aromatic N) is 2. The fourth-order valence-corrected chi connectivity index (χ4v) is 4.18. The zero-order valence-corrected chi connectivity index (χ0v) is 14.4. The molecule has 0 aliphatic carbocycles. The fraction of sp³-hybridized carbons (Fsp3) is 0.529. The summed E-state index contributed by atoms with van der Waals surface area (Å²) in [4.78, 5) is 12.1. The fourth-order valence-electron chi connectivity index (χ4n) is 2.61. The molecule has 1 aliphatic heterocycles. The lowest BCUT2D eigenvalue weighted by Gasteiger charge is -2.20. The summed E-state index contributed by atoms with van der Waals surface area (Å²) in [5.74, 6) is -0.569. The monoisotopic (exact) mass is 350 g/mol. The van der Waals surface area contributed by atoms with Crippen molar-refractivity contribution in [2.45, 2.75) is 43.4 Å². The zero-order valence-electron chi connectivity index (χ0n) is 13.6. The molecule has 130 valence electrons. The molecule has 24 heavy (non-hydrogen) atoms. The molecule has 0 amide bonds. The molecular weight excluding hydrogens is 328 g/mol. The third-order valence-electron chi connectivity index (χ3n) is 3.94. The first-order valence-electron chi connectivity index (χ1n) is 8.20. The van der Waals surface area contributed by atoms with Crippen molar-refractivity contribution in [2.75, 3.05) is 19.7 Å². The first-order valence-corrected chi connectivity index (χ1v) is 9.64. The van der Waals surface area contributed by atoms with Crippen LogP contribution < -0.4 is 0 Å². The van der Waals surface area contributed by atoms with Crippen LogP contribution in [0.25, 0.3) is 0 Å². The maximum atomic E-state index is 12.8. The lowest BCUT2D eigenvalue weighted by Crippen LogP contribution is -2.32. The number of unbranched alkanes of at least 4 members (excludes halogenated alkanes) is 1. The van der Waals surface area contributed by atoms with Crippen molar-refractivity contribution < 1.29 is 17.9 Å². The van der Waals surface area contributed by atoms with E-state index >= 15 is 0 Å². The topological polar surface area (TPSA) is 87.5 Å². The Hall–Kier alpha value is -1.91. The molecule has 0 radical (unpaired) electrons. The van der Waals surface area contributed by atoms with Crippen molar-refractivity contribution in [1.82, 2.24) is 4.31 Å². The van der Waals surface area contributed by atoms with Gasteiger partial charge in [-0.2, -0.15) is 9.57 Å². The summed E-state index contributed by atoms with van der Waals surface area (Å²) in [5, 5.41) is 8.46. The predicted molar refractivity (Wildman–Crippen MR) is 88.8 cm³/mol. The van der Waals surface area contributed by atoms with Gasteiger partial charge in [-0.3, -0.25) is 0 Å². The van der Waals surface area contributed by atoms with Crippen LogP contribution >= 0.6 is 0 Å². The zero-order chi connectivity index (χ0) is 17.4. The highest BCUT2D eigenvalue weighted by Crippen LogP contribution is 2.21. The minimum Gasteiger partial charge on any atom is -0.462 e. The molecule has 2 rings (SSSR count). The largest absolute Gasteiger partial charge is 0.462 e. The number of carbonyl (C=O) groups excluding carboxylic acids is 1. The molecule has 0 spiro atoms. The van der Waals surface area contributed by atoms with E-state index in [0.29, 0.717) is 25.9 Å². The summed E-state index contributed by atoms with van der Waals surface area (Å²) >= 11 is 0. The van der Waals surface area contributed by atoms with Gasteiger partial charge < -0.3 is 4.74 Å². The van der Waals surface area contributed by atoms with Crippen LogP contribution in [0.3, 0.4) is 0 Å². The van der Waals surface area contributed by atoms with E-state index in [9.17, 15) is 13.2 Å². The number of rotatable bonds is 6. The smallest absolute Gasteiger partial charge is 0.338 e. The molecule has 0 aromatic heterocycles. The number of sulfonamides is 1. The van der Waals surface area contributed by atoms with Crippen LogP contribution in [0.15, 0.2) is 29.2 Å². The molecular formula is C17H22N2O4S. The van der Waals surface area contributed by atoms with Gasteiger partial charge in [0.2, 0.25) is 10.0 Å². The van der Waals surface area contributed by atoms with Crippen LogP contribution in [-0.2, 0) is 14.8 Å². The first-order chi connectivity index (χ1) is 11.6. The van der Waals surface area contributed by atoms with E-state index in [4.69, 9.17) is 10.00 Å². The molecule has 0 N–H and O–H groups in total. The molecule has 7 heteroatoms. The normalized spacial score (nSPS) is 16.1. The highest BCUT2D eigenvalue weighted by molar-refractivity contribution is 7.89. The minimum absolute atomic E-state index is 0.121. The predicted octanol–water partition coefficient (Wildman–Crippen LogP) is 2.71. The number of carbonyl (C=O) groups is 1. The van der Waals surface area contributed by atoms with Crippen molar-refractivity contribution in [2.24, 2.45) is 0 Å². The second kappa shape index (κ2) is 8.81. The number of ether oxygens (including phenoxy) is 1. The molecule has 1 aromatic carbocycles. The van der Waals surface area contributed by atoms with Crippen LogP contribution in [-0.4, -0.2) is 38.4 Å². The number of hydrogen-bond acceptors (Lipinski definition) is 5. The number of benzene rings is 1. The third kappa shape index (κ3) is 4.79. The molecule has 6 nitrogen and oxygen atoms in total. The Bertz CT molecular complexity index is 702. The average Bonchev–Trinajstić information content (AvgIpc) is 2.88. The number of nitriles is 1. The summed E-state index contributed by atoms with van der Waals surface area (Å²) in [5.41, 5.74) is 0.211. The van der Waals surface area contributed by atoms with Crippen LogP contribution in [0.4, 0.5) is 0 Å². The van der Waals surface area contributed by atoms with Gasteiger partial charge in [0.15, 0.2) is 0 Å². The molecule has 1 aliphatic rings. The summed E-state index contributed by atoms with van der Waals surface area (Å²) < 4.78 is 32.1. The third-order valence-corrected chi connectivity index (χ3v) is 5.83. The van der Waals surface area contributed by atoms with Crippen LogP contribution in [0.5, 0.6) is 0 Å². The Kier molecular flexibility index (Phi) is 6.76. The van der Waals surface area contributed by atoms with E-state index in [1.54, 1.807) is 6.07 Å². The van der Waals surface area contributed by atoms with Crippen molar-refractivity contribution in [3.05, 3.63) is 29.8 Å². The highest BCUT2D eigenvalue weighted by atomic mass is 32.2. The van der Waals surface area contributed by atoms with Crippen LogP contribution in [0.1, 0.15) is 48.9 Å². The van der Waals surface area contributed by atoms with Gasteiger partial charge in [0.1, 0.15) is 0 Å². The molecule has 0 unspecified atom stereocenters. The molecule has 1 aromatic rings. The van der Waals surface area contributed by atoms with Gasteiger partial charge in [-0.1, -0.05) is 18.9 Å². The van der Waals surface area contributed by atoms with E-state index in [0.717, 1.165) is 25.7 Å². The van der Waals surface area contributed by atoms with Crippen molar-refractivity contribution >= 4 is 16.0 Å². The first kappa shape index (κ1) is 18.4. The molecule has 0 bridgehead atoms. The van der Waals surface area contributed by atoms with Crippen LogP contribution in [0, 0.1) is 11.3 Å². The average molecular weight is 350 g/mol. The maximum absolute atomic E-state index is 12.8. The Morgan fingerprint density at radius 1 is 1.21 bits per heavy atom. The molecule has 0 saturated carbocycles. The second-order valence-electron chi connectivity index (χ2n) is 5.74. The minimum atomic E-state index is -3.59. The summed E-state index contributed by atoms with van der Waals surface area (Å²) in [6, 6.07) is 7.94. The molecule has 1 heterocycles. The van der Waals surface area contributed by atoms with Gasteiger partial charge in [0.25, 0.3) is 0 Å². The second-order valence-corrected chi connectivity index (χ2v) is 7.68. The van der Waals surface area contributed by atoms with E-state index in [1.807, 2.05) is 6.07 Å². The summed E-state index contributed by atoms with van der Waals surface area (Å²) in [7, 11) is -3.59. The SMILES string of the molecule is N#CCCCOC(=O)c1cccc(S(=O)(=O)N2CCCCCC2)c1. The lowest BCUT2D eigenvalue weighted by atomic mass is 10.2. The van der Waals surface area contributed by atoms with Crippen molar-refractivity contribution in [3.63, 3.8) is 0 Å². The van der Waals surface area contributed by atoms with Crippen molar-refractivity contribution in [3.8, 4) is 6.07 Å². The van der Waals surface area contributed by atoms with Gasteiger partial charge in [0, 0.05) is 19.5 Å². The number of hydrogen-bond donors (Lipinski definition) is 0. The van der Waals surface area contributed by atoms with E-state index < -0.39 is 16.0 Å². The van der Waals surface area contributed by atoms with Crippen LogP contribution in [0.2, 0.25) is 0 Å². The van der Waals surface area contributed by atoms with E-state index in [-0.39, 0.29) is 17.1 Å². The Labute approximate surface area is 143 Å². The summed E-state index contributed by atoms with van der Waals surface area (Å²) in [6.07, 6.45) is 4.59. The molecule has 0 atom stereocenters. The van der Waals surface area contributed by atoms with E-state index in [1.165, 1.54) is 22.5 Å². The Morgan fingerprint density at radius 2 is 1.92 bits per heavy atom. The quantitative estimate of drug-likeness (QED) is 0.581. The number of esters is 1. The standard InChI is InChI=1S/C17H22N2O4S/c18-10-3-6-13-23-17(20)15-8-7-9-16(14-15)24(21,22)19-11-4-1-2-5-12-19/h7-9,14H,1-6,11-13H2. The molecule has 1 saturated heterocycles. The van der Waals surface area contributed by atoms with E-state index in [2.05, 4.69) is 0 Å². The highest BCUT2D eigenvalue weighted by Gasteiger charge is 2.25. The Balaban J connectivity index is 2.11. The molecule has 1 fully saturated rings. The van der Waals surface area contributed by atoms with Gasteiger partial charge in [0.05, 0.1) is 23.1 Å². The van der Waals surface area contributed by atoms with Gasteiger partial charge in [-0.25, -0.2) is 13.2 Å². The lowest BCUT2D eigenvalue weighted by molar-refractivity contribution is 0.0501. The maximum Gasteiger partial charge on any atom is 0.338 e.